The van der Waals surface area contributed by atoms with Crippen LogP contribution in [0.1, 0.15) is 29.2 Å². The number of halogens is 1. The van der Waals surface area contributed by atoms with Crippen molar-refractivity contribution < 1.29 is 9.59 Å². The Hall–Kier alpha value is -2.34. The van der Waals surface area contributed by atoms with Crippen molar-refractivity contribution in [2.75, 3.05) is 5.32 Å². The number of benzene rings is 2. The van der Waals surface area contributed by atoms with Crippen molar-refractivity contribution in [2.24, 2.45) is 5.73 Å². The number of nitrogens with one attached hydrogen (secondary N) is 2. The molecular weight excluding hydrogens is 370 g/mol. The molecule has 6 heteroatoms. The Morgan fingerprint density at radius 3 is 2.38 bits per heavy atom. The van der Waals surface area contributed by atoms with Gasteiger partial charge in [0.05, 0.1) is 12.5 Å². The van der Waals surface area contributed by atoms with E-state index in [1.54, 1.807) is 0 Å². The molecule has 0 fully saturated rings. The van der Waals surface area contributed by atoms with E-state index in [1.165, 1.54) is 0 Å². The topological polar surface area (TPSA) is 84.2 Å². The van der Waals surface area contributed by atoms with E-state index in [2.05, 4.69) is 26.6 Å². The number of carbonyl (C=O) groups is 2. The largest absolute Gasteiger partial charge is 0.352 e. The summed E-state index contributed by atoms with van der Waals surface area (Å²) < 4.78 is 0.920. The number of carbonyl (C=O) groups excluding carboxylic acids is 2. The third kappa shape index (κ3) is 5.09. The fraction of sp³-hybridized carbons (Fsp3) is 0.222. The lowest BCUT2D eigenvalue weighted by molar-refractivity contribution is -0.116. The normalized spacial score (nSPS) is 11.6. The Morgan fingerprint density at radius 1 is 1.12 bits per heavy atom. The number of amides is 3. The molecule has 126 valence electrons. The molecule has 0 aliphatic heterocycles. The highest BCUT2D eigenvalue weighted by molar-refractivity contribution is 9.10. The van der Waals surface area contributed by atoms with E-state index in [4.69, 9.17) is 5.73 Å². The van der Waals surface area contributed by atoms with E-state index in [0.29, 0.717) is 0 Å². The maximum atomic E-state index is 12.4. The maximum Gasteiger partial charge on any atom is 0.312 e. The number of urea groups is 1. The van der Waals surface area contributed by atoms with E-state index in [-0.39, 0.29) is 12.3 Å². The fourth-order valence-corrected chi connectivity index (χ4v) is 2.72. The number of primary amides is 1. The Balaban J connectivity index is 2.12. The van der Waals surface area contributed by atoms with Gasteiger partial charge in [-0.3, -0.25) is 4.79 Å². The van der Waals surface area contributed by atoms with Gasteiger partial charge in [0, 0.05) is 10.2 Å². The molecule has 0 aromatic heterocycles. The highest BCUT2D eigenvalue weighted by Gasteiger charge is 2.18. The number of hydrogen-bond acceptors (Lipinski definition) is 2. The summed E-state index contributed by atoms with van der Waals surface area (Å²) in [7, 11) is 0. The molecule has 0 saturated heterocycles. The number of rotatable bonds is 5. The standard InChI is InChI=1S/C18H20BrN3O2/c1-11-3-8-15(12(2)9-11)21-17(23)10-16(22-18(20)24)13-4-6-14(19)7-5-13/h3-9,16H,10H2,1-2H3,(H,21,23)(H3,20,22,24)/t16-/m1/s1. The van der Waals surface area contributed by atoms with E-state index in [1.807, 2.05) is 56.3 Å². The fourth-order valence-electron chi connectivity index (χ4n) is 2.46. The predicted molar refractivity (Wildman–Crippen MR) is 98.8 cm³/mol. The monoisotopic (exact) mass is 389 g/mol. The molecule has 0 aliphatic carbocycles. The highest BCUT2D eigenvalue weighted by Crippen LogP contribution is 2.22. The zero-order valence-electron chi connectivity index (χ0n) is 13.6. The molecule has 0 radical (unpaired) electrons. The predicted octanol–water partition coefficient (Wildman–Crippen LogP) is 3.80. The molecule has 2 rings (SSSR count). The van der Waals surface area contributed by atoms with Gasteiger partial charge in [0.1, 0.15) is 0 Å². The second-order valence-electron chi connectivity index (χ2n) is 5.68. The molecular formula is C18H20BrN3O2. The molecule has 4 N–H and O–H groups in total. The van der Waals surface area contributed by atoms with Crippen LogP contribution in [0.2, 0.25) is 0 Å². The molecule has 24 heavy (non-hydrogen) atoms. The summed E-state index contributed by atoms with van der Waals surface area (Å²) in [5.74, 6) is -0.191. The number of anilines is 1. The molecule has 1 atom stereocenters. The zero-order chi connectivity index (χ0) is 17.7. The van der Waals surface area contributed by atoms with Crippen molar-refractivity contribution in [1.29, 1.82) is 0 Å². The Morgan fingerprint density at radius 2 is 1.79 bits per heavy atom. The Labute approximate surface area is 149 Å². The first-order valence-electron chi connectivity index (χ1n) is 7.53. The van der Waals surface area contributed by atoms with E-state index >= 15 is 0 Å². The summed E-state index contributed by atoms with van der Waals surface area (Å²) in [6.45, 7) is 3.94. The summed E-state index contributed by atoms with van der Waals surface area (Å²) in [5, 5.41) is 5.50. The van der Waals surface area contributed by atoms with Gasteiger partial charge in [-0.25, -0.2) is 4.79 Å². The van der Waals surface area contributed by atoms with Gasteiger partial charge in [0.25, 0.3) is 0 Å². The number of nitrogens with two attached hydrogens (primary N) is 1. The van der Waals surface area contributed by atoms with Crippen LogP contribution < -0.4 is 16.4 Å². The smallest absolute Gasteiger partial charge is 0.312 e. The summed E-state index contributed by atoms with van der Waals surface area (Å²) in [6.07, 6.45) is 0.0951. The number of aryl methyl sites for hydroxylation is 2. The van der Waals surface area contributed by atoms with Gasteiger partial charge < -0.3 is 16.4 Å². The highest BCUT2D eigenvalue weighted by atomic mass is 79.9. The molecule has 0 unspecified atom stereocenters. The van der Waals surface area contributed by atoms with Crippen LogP contribution in [-0.2, 0) is 4.79 Å². The van der Waals surface area contributed by atoms with Gasteiger partial charge >= 0.3 is 6.03 Å². The van der Waals surface area contributed by atoms with Crippen LogP contribution >= 0.6 is 15.9 Å². The van der Waals surface area contributed by atoms with E-state index < -0.39 is 12.1 Å². The van der Waals surface area contributed by atoms with Crippen LogP contribution in [0.15, 0.2) is 46.9 Å². The van der Waals surface area contributed by atoms with Crippen LogP contribution in [0.4, 0.5) is 10.5 Å². The molecule has 2 aromatic carbocycles. The number of hydrogen-bond donors (Lipinski definition) is 3. The van der Waals surface area contributed by atoms with Gasteiger partial charge in [-0.15, -0.1) is 0 Å². The van der Waals surface area contributed by atoms with Crippen LogP contribution in [0.5, 0.6) is 0 Å². The van der Waals surface area contributed by atoms with Crippen molar-refractivity contribution in [3.63, 3.8) is 0 Å². The van der Waals surface area contributed by atoms with E-state index in [0.717, 1.165) is 26.9 Å². The minimum atomic E-state index is -0.665. The molecule has 0 heterocycles. The summed E-state index contributed by atoms with van der Waals surface area (Å²) >= 11 is 3.36. The lowest BCUT2D eigenvalue weighted by Crippen LogP contribution is -2.35. The Bertz CT molecular complexity index is 744. The molecule has 0 saturated carbocycles. The summed E-state index contributed by atoms with van der Waals surface area (Å²) in [5.41, 5.74) is 8.94. The van der Waals surface area contributed by atoms with Crippen molar-refractivity contribution in [2.45, 2.75) is 26.3 Å². The minimum absolute atomic E-state index is 0.0951. The first-order chi connectivity index (χ1) is 11.3. The first-order valence-corrected chi connectivity index (χ1v) is 8.33. The zero-order valence-corrected chi connectivity index (χ0v) is 15.2. The van der Waals surface area contributed by atoms with Crippen LogP contribution in [-0.4, -0.2) is 11.9 Å². The molecule has 5 nitrogen and oxygen atoms in total. The molecule has 0 aliphatic rings. The van der Waals surface area contributed by atoms with Gasteiger partial charge in [0.2, 0.25) is 5.91 Å². The average Bonchev–Trinajstić information content (AvgIpc) is 2.50. The van der Waals surface area contributed by atoms with Gasteiger partial charge in [-0.1, -0.05) is 45.8 Å². The molecule has 2 aromatic rings. The molecule has 0 spiro atoms. The lowest BCUT2D eigenvalue weighted by Gasteiger charge is -2.18. The van der Waals surface area contributed by atoms with Crippen molar-refractivity contribution in [3.8, 4) is 0 Å². The van der Waals surface area contributed by atoms with Crippen LogP contribution in [0.25, 0.3) is 0 Å². The average molecular weight is 390 g/mol. The first kappa shape index (κ1) is 18.0. The molecule has 0 bridgehead atoms. The van der Waals surface area contributed by atoms with Gasteiger partial charge in [0.15, 0.2) is 0 Å². The maximum absolute atomic E-state index is 12.4. The summed E-state index contributed by atoms with van der Waals surface area (Å²) in [4.78, 5) is 23.6. The van der Waals surface area contributed by atoms with Gasteiger partial charge in [-0.05, 0) is 43.2 Å². The SMILES string of the molecule is Cc1ccc(NC(=O)C[C@@H](NC(N)=O)c2ccc(Br)cc2)c(C)c1. The third-order valence-electron chi connectivity index (χ3n) is 3.63. The Kier molecular flexibility index (Phi) is 5.98. The summed E-state index contributed by atoms with van der Waals surface area (Å²) in [6, 6.07) is 12.1. The molecule has 3 amide bonds. The van der Waals surface area contributed by atoms with Crippen molar-refractivity contribution in [1.82, 2.24) is 5.32 Å². The second-order valence-corrected chi connectivity index (χ2v) is 6.60. The van der Waals surface area contributed by atoms with Crippen molar-refractivity contribution in [3.05, 3.63) is 63.6 Å². The van der Waals surface area contributed by atoms with Gasteiger partial charge in [-0.2, -0.15) is 0 Å². The quantitative estimate of drug-likeness (QED) is 0.726. The van der Waals surface area contributed by atoms with Crippen LogP contribution in [0, 0.1) is 13.8 Å². The third-order valence-corrected chi connectivity index (χ3v) is 4.16. The second kappa shape index (κ2) is 7.97. The van der Waals surface area contributed by atoms with E-state index in [9.17, 15) is 9.59 Å². The van der Waals surface area contributed by atoms with Crippen LogP contribution in [0.3, 0.4) is 0 Å². The van der Waals surface area contributed by atoms with Crippen molar-refractivity contribution >= 4 is 33.6 Å². The minimum Gasteiger partial charge on any atom is -0.352 e. The lowest BCUT2D eigenvalue weighted by atomic mass is 10.0.